The molecular formula is C19H22FN3O2. The number of pyridine rings is 1. The maximum absolute atomic E-state index is 13.8. The van der Waals surface area contributed by atoms with E-state index in [-0.39, 0.29) is 12.1 Å². The molecule has 0 saturated carbocycles. The minimum atomic E-state index is -0.424. The number of carbonyl (C=O) groups excluding carboxylic acids is 1. The summed E-state index contributed by atoms with van der Waals surface area (Å²) in [5, 5.41) is 2.90. The molecule has 0 aliphatic carbocycles. The van der Waals surface area contributed by atoms with Crippen LogP contribution in [0.4, 0.5) is 9.18 Å². The Bertz CT molecular complexity index is 736. The van der Waals surface area contributed by atoms with Gasteiger partial charge in [0.15, 0.2) is 0 Å². The average molecular weight is 343 g/mol. The third kappa shape index (κ3) is 3.73. The van der Waals surface area contributed by atoms with Gasteiger partial charge in [-0.3, -0.25) is 4.98 Å². The standard InChI is InChI=1S/C19H22FN3O2/c1-13(16-9-10-21-12-17(16)20)22-19(24)23-11-3-4-18(23)14-5-7-15(25-2)8-6-14/h5-10,12-13,18H,3-4,11H2,1-2H3,(H,22,24)/t13-,18-/m1/s1. The third-order valence-corrected chi connectivity index (χ3v) is 4.62. The van der Waals surface area contributed by atoms with Gasteiger partial charge in [-0.15, -0.1) is 0 Å². The van der Waals surface area contributed by atoms with E-state index in [1.165, 1.54) is 6.20 Å². The number of hydrogen-bond donors (Lipinski definition) is 1. The SMILES string of the molecule is COc1ccc([C@H]2CCCN2C(=O)N[C@H](C)c2ccncc2F)cc1. The van der Waals surface area contributed by atoms with Gasteiger partial charge in [0, 0.05) is 18.3 Å². The van der Waals surface area contributed by atoms with Crippen molar-refractivity contribution in [1.29, 1.82) is 0 Å². The normalized spacial score (nSPS) is 18.0. The van der Waals surface area contributed by atoms with Crippen LogP contribution in [0.5, 0.6) is 5.75 Å². The molecule has 1 aromatic heterocycles. The molecule has 0 radical (unpaired) electrons. The zero-order chi connectivity index (χ0) is 17.8. The fraction of sp³-hybridized carbons (Fsp3) is 0.368. The van der Waals surface area contributed by atoms with Crippen molar-refractivity contribution < 1.29 is 13.9 Å². The van der Waals surface area contributed by atoms with Gasteiger partial charge in [0.05, 0.1) is 25.4 Å². The summed E-state index contributed by atoms with van der Waals surface area (Å²) in [6.45, 7) is 2.46. The second-order valence-electron chi connectivity index (χ2n) is 6.19. The lowest BCUT2D eigenvalue weighted by Crippen LogP contribution is -2.40. The Morgan fingerprint density at radius 2 is 2.12 bits per heavy atom. The Morgan fingerprint density at radius 3 is 2.80 bits per heavy atom. The van der Waals surface area contributed by atoms with Gasteiger partial charge in [-0.25, -0.2) is 9.18 Å². The number of ether oxygens (including phenoxy) is 1. The van der Waals surface area contributed by atoms with Gasteiger partial charge in [-0.05, 0) is 43.5 Å². The molecule has 2 heterocycles. The van der Waals surface area contributed by atoms with Crippen molar-refractivity contribution in [2.24, 2.45) is 0 Å². The van der Waals surface area contributed by atoms with Crippen LogP contribution in [0.2, 0.25) is 0 Å². The molecule has 0 unspecified atom stereocenters. The van der Waals surface area contributed by atoms with Crippen LogP contribution in [0.3, 0.4) is 0 Å². The average Bonchev–Trinajstić information content (AvgIpc) is 3.12. The van der Waals surface area contributed by atoms with Gasteiger partial charge in [0.2, 0.25) is 0 Å². The van der Waals surface area contributed by atoms with Crippen molar-refractivity contribution in [2.75, 3.05) is 13.7 Å². The molecule has 2 amide bonds. The molecule has 1 aromatic carbocycles. The number of nitrogens with one attached hydrogen (secondary N) is 1. The van der Waals surface area contributed by atoms with Gasteiger partial charge >= 0.3 is 6.03 Å². The maximum Gasteiger partial charge on any atom is 0.318 e. The topological polar surface area (TPSA) is 54.5 Å². The summed E-state index contributed by atoms with van der Waals surface area (Å²) in [7, 11) is 1.63. The summed E-state index contributed by atoms with van der Waals surface area (Å²) in [6, 6.07) is 8.79. The Kier molecular flexibility index (Phi) is 5.16. The van der Waals surface area contributed by atoms with Crippen LogP contribution in [0.15, 0.2) is 42.7 Å². The first-order chi connectivity index (χ1) is 12.1. The maximum atomic E-state index is 13.8. The number of amides is 2. The molecule has 0 spiro atoms. The van der Waals surface area contributed by atoms with Gasteiger partial charge in [0.25, 0.3) is 0 Å². The predicted octanol–water partition coefficient (Wildman–Crippen LogP) is 3.84. The first-order valence-electron chi connectivity index (χ1n) is 8.40. The van der Waals surface area contributed by atoms with E-state index < -0.39 is 11.9 Å². The Hall–Kier alpha value is -2.63. The van der Waals surface area contributed by atoms with Crippen LogP contribution in [-0.2, 0) is 0 Å². The van der Waals surface area contributed by atoms with E-state index in [1.54, 1.807) is 20.1 Å². The monoisotopic (exact) mass is 343 g/mol. The minimum absolute atomic E-state index is 0.0281. The highest BCUT2D eigenvalue weighted by atomic mass is 19.1. The first kappa shape index (κ1) is 17.2. The summed E-state index contributed by atoms with van der Waals surface area (Å²) in [5.41, 5.74) is 1.51. The van der Waals surface area contributed by atoms with Gasteiger partial charge in [-0.2, -0.15) is 0 Å². The van der Waals surface area contributed by atoms with Crippen molar-refractivity contribution in [2.45, 2.75) is 31.8 Å². The van der Waals surface area contributed by atoms with E-state index in [9.17, 15) is 9.18 Å². The van der Waals surface area contributed by atoms with Gasteiger partial charge < -0.3 is 15.0 Å². The molecule has 2 aromatic rings. The molecule has 6 heteroatoms. The molecule has 1 N–H and O–H groups in total. The van der Waals surface area contributed by atoms with Gasteiger partial charge in [0.1, 0.15) is 11.6 Å². The predicted molar refractivity (Wildman–Crippen MR) is 92.8 cm³/mol. The fourth-order valence-corrected chi connectivity index (χ4v) is 3.27. The number of urea groups is 1. The number of benzene rings is 1. The molecule has 3 rings (SSSR count). The Balaban J connectivity index is 1.71. The molecule has 0 bridgehead atoms. The van der Waals surface area contributed by atoms with Crippen LogP contribution in [0.25, 0.3) is 0 Å². The van der Waals surface area contributed by atoms with Crippen LogP contribution in [-0.4, -0.2) is 29.6 Å². The largest absolute Gasteiger partial charge is 0.497 e. The summed E-state index contributed by atoms with van der Waals surface area (Å²) in [4.78, 5) is 18.3. The fourth-order valence-electron chi connectivity index (χ4n) is 3.27. The summed E-state index contributed by atoms with van der Waals surface area (Å²) < 4.78 is 19.0. The van der Waals surface area contributed by atoms with E-state index in [0.29, 0.717) is 12.1 Å². The van der Waals surface area contributed by atoms with E-state index in [4.69, 9.17) is 4.74 Å². The number of halogens is 1. The van der Waals surface area contributed by atoms with Crippen molar-refractivity contribution in [1.82, 2.24) is 15.2 Å². The van der Waals surface area contributed by atoms with E-state index >= 15 is 0 Å². The molecule has 132 valence electrons. The molecule has 2 atom stereocenters. The highest BCUT2D eigenvalue weighted by Gasteiger charge is 2.30. The number of aromatic nitrogens is 1. The molecule has 1 aliphatic heterocycles. The number of nitrogens with zero attached hydrogens (tertiary/aromatic N) is 2. The number of rotatable bonds is 4. The molecule has 5 nitrogen and oxygen atoms in total. The number of methoxy groups -OCH3 is 1. The van der Waals surface area contributed by atoms with E-state index in [1.807, 2.05) is 29.2 Å². The van der Waals surface area contributed by atoms with E-state index in [2.05, 4.69) is 10.3 Å². The number of likely N-dealkylation sites (tertiary alicyclic amines) is 1. The van der Waals surface area contributed by atoms with Crippen molar-refractivity contribution >= 4 is 6.03 Å². The molecular weight excluding hydrogens is 321 g/mol. The van der Waals surface area contributed by atoms with Crippen LogP contribution in [0.1, 0.15) is 43.0 Å². The number of hydrogen-bond acceptors (Lipinski definition) is 3. The minimum Gasteiger partial charge on any atom is -0.497 e. The summed E-state index contributed by atoms with van der Waals surface area (Å²) in [5.74, 6) is 0.378. The zero-order valence-corrected chi connectivity index (χ0v) is 14.4. The van der Waals surface area contributed by atoms with Crippen LogP contribution in [0, 0.1) is 5.82 Å². The van der Waals surface area contributed by atoms with Crippen molar-refractivity contribution in [3.63, 3.8) is 0 Å². The van der Waals surface area contributed by atoms with Crippen LogP contribution >= 0.6 is 0 Å². The lowest BCUT2D eigenvalue weighted by molar-refractivity contribution is 0.189. The zero-order valence-electron chi connectivity index (χ0n) is 14.4. The molecule has 25 heavy (non-hydrogen) atoms. The smallest absolute Gasteiger partial charge is 0.318 e. The van der Waals surface area contributed by atoms with Gasteiger partial charge in [-0.1, -0.05) is 12.1 Å². The first-order valence-corrected chi connectivity index (χ1v) is 8.40. The lowest BCUT2D eigenvalue weighted by atomic mass is 10.0. The second kappa shape index (κ2) is 7.51. The Labute approximate surface area is 146 Å². The lowest BCUT2D eigenvalue weighted by Gasteiger charge is -2.27. The highest BCUT2D eigenvalue weighted by molar-refractivity contribution is 5.75. The second-order valence-corrected chi connectivity index (χ2v) is 6.19. The van der Waals surface area contributed by atoms with E-state index in [0.717, 1.165) is 30.4 Å². The third-order valence-electron chi connectivity index (χ3n) is 4.62. The molecule has 1 fully saturated rings. The number of carbonyl (C=O) groups is 1. The van der Waals surface area contributed by atoms with Crippen molar-refractivity contribution in [3.05, 3.63) is 59.7 Å². The quantitative estimate of drug-likeness (QED) is 0.918. The van der Waals surface area contributed by atoms with Crippen LogP contribution < -0.4 is 10.1 Å². The van der Waals surface area contributed by atoms with Crippen molar-refractivity contribution in [3.8, 4) is 5.75 Å². The highest BCUT2D eigenvalue weighted by Crippen LogP contribution is 2.33. The Morgan fingerprint density at radius 1 is 1.36 bits per heavy atom. The molecule has 1 aliphatic rings. The summed E-state index contributed by atoms with van der Waals surface area (Å²) in [6.07, 6.45) is 4.55. The molecule has 1 saturated heterocycles. The summed E-state index contributed by atoms with van der Waals surface area (Å²) >= 11 is 0.